The van der Waals surface area contributed by atoms with Crippen LogP contribution in [0, 0.1) is 13.8 Å². The molecule has 4 atom stereocenters. The molecule has 0 fully saturated rings. The number of methoxy groups -OCH3 is 3. The lowest BCUT2D eigenvalue weighted by molar-refractivity contribution is 0.377. The minimum absolute atomic E-state index is 0.00381. The van der Waals surface area contributed by atoms with E-state index in [9.17, 15) is 25.5 Å². The summed E-state index contributed by atoms with van der Waals surface area (Å²) in [4.78, 5) is 0. The number of hydrogen-bond donors (Lipinski definition) is 7. The summed E-state index contributed by atoms with van der Waals surface area (Å²) in [6.45, 7) is 12.1. The number of phenols is 5. The maximum absolute atomic E-state index is 12.5. The minimum Gasteiger partial charge on any atom is -0.507 e. The standard InChI is InChI=1S/C47H50N2O8/c1-20-10-26-28(42-32-14-22(3)48-24(5)40(32)34(50)18-35(42)51)16-30(46(53)44(26)37(12-20)55-7)31-17-29(27-11-21(2)13-38(56-8)45(27)47(31)54)43-33-15-23(4)49-25(6)41(33)39(57-9)19-36(43)52/h10-13,16-19,22-25,48-54H,14-15H2,1-9H3/t22-,23+,24-,25-/m0/s1. The Labute approximate surface area is 332 Å². The number of ether oxygens (including phenoxy) is 3. The molecule has 10 nitrogen and oxygen atoms in total. The number of rotatable bonds is 6. The topological polar surface area (TPSA) is 153 Å². The van der Waals surface area contributed by atoms with Gasteiger partial charge in [0.1, 0.15) is 46.0 Å². The minimum atomic E-state index is -0.200. The summed E-state index contributed by atoms with van der Waals surface area (Å²) < 4.78 is 17.7. The highest BCUT2D eigenvalue weighted by atomic mass is 16.5. The summed E-state index contributed by atoms with van der Waals surface area (Å²) in [5.74, 6) is 1.03. The highest BCUT2D eigenvalue weighted by Crippen LogP contribution is 2.56. The number of aromatic hydroxyl groups is 5. The van der Waals surface area contributed by atoms with Crippen LogP contribution >= 0.6 is 0 Å². The predicted octanol–water partition coefficient (Wildman–Crippen LogP) is 9.36. The molecule has 0 saturated carbocycles. The molecule has 6 aromatic rings. The molecule has 0 radical (unpaired) electrons. The fourth-order valence-corrected chi connectivity index (χ4v) is 9.75. The second-order valence-corrected chi connectivity index (χ2v) is 16.0. The van der Waals surface area contributed by atoms with E-state index in [1.807, 2.05) is 51.1 Å². The van der Waals surface area contributed by atoms with Gasteiger partial charge in [-0.05, 0) is 123 Å². The summed E-state index contributed by atoms with van der Waals surface area (Å²) in [6, 6.07) is 14.1. The van der Waals surface area contributed by atoms with Gasteiger partial charge in [0.25, 0.3) is 0 Å². The van der Waals surface area contributed by atoms with Crippen LogP contribution in [-0.2, 0) is 12.8 Å². The second-order valence-electron chi connectivity index (χ2n) is 16.0. The normalized spacial score (nSPS) is 19.0. The number of nitrogens with one attached hydrogen (secondary N) is 2. The van der Waals surface area contributed by atoms with Crippen LogP contribution in [-0.4, -0.2) is 58.9 Å². The molecule has 7 N–H and O–H groups in total. The predicted molar refractivity (Wildman–Crippen MR) is 225 cm³/mol. The molecule has 8 rings (SSSR count). The molecule has 0 amide bonds. The lowest BCUT2D eigenvalue weighted by atomic mass is 9.80. The second kappa shape index (κ2) is 14.0. The Balaban J connectivity index is 1.55. The highest BCUT2D eigenvalue weighted by molar-refractivity contribution is 6.13. The summed E-state index contributed by atoms with van der Waals surface area (Å²) in [5, 5.41) is 69.2. The maximum Gasteiger partial charge on any atom is 0.135 e. The van der Waals surface area contributed by atoms with Crippen molar-refractivity contribution in [2.75, 3.05) is 21.3 Å². The Bertz CT molecular complexity index is 2650. The van der Waals surface area contributed by atoms with Gasteiger partial charge in [-0.2, -0.15) is 0 Å². The van der Waals surface area contributed by atoms with E-state index in [0.29, 0.717) is 79.5 Å². The molecule has 6 aromatic carbocycles. The van der Waals surface area contributed by atoms with Crippen molar-refractivity contribution < 1.29 is 39.7 Å². The third kappa shape index (κ3) is 5.92. The summed E-state index contributed by atoms with van der Waals surface area (Å²) in [5.41, 5.74) is 7.98. The van der Waals surface area contributed by atoms with E-state index >= 15 is 0 Å². The average molecular weight is 771 g/mol. The molecule has 0 bridgehead atoms. The Morgan fingerprint density at radius 2 is 0.912 bits per heavy atom. The van der Waals surface area contributed by atoms with Crippen molar-refractivity contribution in [2.45, 2.75) is 78.6 Å². The van der Waals surface area contributed by atoms with E-state index < -0.39 is 0 Å². The molecule has 0 aliphatic carbocycles. The Morgan fingerprint density at radius 1 is 0.491 bits per heavy atom. The van der Waals surface area contributed by atoms with Crippen LogP contribution in [0.25, 0.3) is 54.9 Å². The molecular formula is C47H50N2O8. The number of benzene rings is 6. The number of phenolic OH excluding ortho intramolecular Hbond substituents is 5. The molecule has 0 spiro atoms. The van der Waals surface area contributed by atoms with Crippen molar-refractivity contribution in [2.24, 2.45) is 0 Å². The Hall–Kier alpha value is -5.84. The van der Waals surface area contributed by atoms with Gasteiger partial charge in [0.2, 0.25) is 0 Å². The zero-order valence-electron chi connectivity index (χ0n) is 33.8. The first-order chi connectivity index (χ1) is 27.2. The first-order valence-corrected chi connectivity index (χ1v) is 19.4. The van der Waals surface area contributed by atoms with Crippen LogP contribution in [0.3, 0.4) is 0 Å². The van der Waals surface area contributed by atoms with Crippen molar-refractivity contribution in [3.8, 4) is 79.4 Å². The Kier molecular flexibility index (Phi) is 9.32. The molecule has 0 aromatic heterocycles. The van der Waals surface area contributed by atoms with Crippen molar-refractivity contribution in [3.63, 3.8) is 0 Å². The summed E-state index contributed by atoms with van der Waals surface area (Å²) >= 11 is 0. The third-order valence-electron chi connectivity index (χ3n) is 11.9. The molecule has 2 heterocycles. The molecule has 296 valence electrons. The lowest BCUT2D eigenvalue weighted by Gasteiger charge is -2.33. The first-order valence-electron chi connectivity index (χ1n) is 19.4. The van der Waals surface area contributed by atoms with Crippen LogP contribution in [0.1, 0.15) is 73.2 Å². The molecule has 10 heteroatoms. The SMILES string of the molecule is COc1cc(O)c(-c2cc(-c3cc(-c4c(O)cc(O)c5c4C[C@H](C)N[C@H]5C)c4cc(C)cc(OC)c4c3O)c(O)c3c(OC)cc(C)cc23)c2c1[C@H](C)N[C@H](C)C2. The van der Waals surface area contributed by atoms with Gasteiger partial charge in [-0.1, -0.05) is 12.1 Å². The molecule has 0 unspecified atom stereocenters. The van der Waals surface area contributed by atoms with Crippen LogP contribution in [0.4, 0.5) is 0 Å². The van der Waals surface area contributed by atoms with E-state index in [0.717, 1.165) is 27.8 Å². The highest BCUT2D eigenvalue weighted by Gasteiger charge is 2.34. The quantitative estimate of drug-likeness (QED) is 0.0872. The van der Waals surface area contributed by atoms with E-state index in [1.54, 1.807) is 33.5 Å². The number of aryl methyl sites for hydroxylation is 2. The van der Waals surface area contributed by atoms with Crippen LogP contribution in [0.5, 0.6) is 46.0 Å². The third-order valence-corrected chi connectivity index (χ3v) is 11.9. The monoisotopic (exact) mass is 770 g/mol. The van der Waals surface area contributed by atoms with Crippen molar-refractivity contribution in [1.82, 2.24) is 10.6 Å². The van der Waals surface area contributed by atoms with E-state index in [2.05, 4.69) is 31.4 Å². The average Bonchev–Trinajstić information content (AvgIpc) is 3.14. The largest absolute Gasteiger partial charge is 0.507 e. The van der Waals surface area contributed by atoms with Crippen molar-refractivity contribution in [3.05, 3.63) is 81.9 Å². The van der Waals surface area contributed by atoms with Gasteiger partial charge in [-0.15, -0.1) is 0 Å². The maximum atomic E-state index is 12.5. The number of fused-ring (bicyclic) bond motifs is 4. The fraction of sp³-hybridized carbons (Fsp3) is 0.319. The van der Waals surface area contributed by atoms with Gasteiger partial charge in [0, 0.05) is 69.7 Å². The van der Waals surface area contributed by atoms with Crippen LogP contribution in [0.15, 0.2) is 48.5 Å². The van der Waals surface area contributed by atoms with Crippen LogP contribution < -0.4 is 24.8 Å². The van der Waals surface area contributed by atoms with E-state index in [1.165, 1.54) is 6.07 Å². The fourth-order valence-electron chi connectivity index (χ4n) is 9.75. The molecule has 2 aliphatic heterocycles. The van der Waals surface area contributed by atoms with Gasteiger partial charge in [-0.25, -0.2) is 0 Å². The molecule has 57 heavy (non-hydrogen) atoms. The van der Waals surface area contributed by atoms with Gasteiger partial charge in [-0.3, -0.25) is 0 Å². The van der Waals surface area contributed by atoms with Gasteiger partial charge in [0.15, 0.2) is 0 Å². The molecular weight excluding hydrogens is 721 g/mol. The van der Waals surface area contributed by atoms with Crippen molar-refractivity contribution >= 4 is 21.5 Å². The van der Waals surface area contributed by atoms with Gasteiger partial charge < -0.3 is 50.4 Å². The molecule has 2 aliphatic rings. The summed E-state index contributed by atoms with van der Waals surface area (Å²) in [7, 11) is 4.69. The van der Waals surface area contributed by atoms with Gasteiger partial charge >= 0.3 is 0 Å². The Morgan fingerprint density at radius 3 is 1.37 bits per heavy atom. The van der Waals surface area contributed by atoms with Crippen LogP contribution in [0.2, 0.25) is 0 Å². The smallest absolute Gasteiger partial charge is 0.135 e. The number of hydrogen-bond acceptors (Lipinski definition) is 10. The van der Waals surface area contributed by atoms with E-state index in [4.69, 9.17) is 14.2 Å². The lowest BCUT2D eigenvalue weighted by Crippen LogP contribution is -2.36. The molecule has 0 saturated heterocycles. The van der Waals surface area contributed by atoms with Crippen molar-refractivity contribution in [1.29, 1.82) is 0 Å². The van der Waals surface area contributed by atoms with Gasteiger partial charge in [0.05, 0.1) is 32.1 Å². The first kappa shape index (κ1) is 38.1. The summed E-state index contributed by atoms with van der Waals surface area (Å²) in [6.07, 6.45) is 1.12. The van der Waals surface area contributed by atoms with E-state index in [-0.39, 0.29) is 64.0 Å². The zero-order valence-corrected chi connectivity index (χ0v) is 33.8. The zero-order chi connectivity index (χ0) is 40.8.